The molecule has 0 spiro atoms. The SMILES string of the molecule is CCc1cc2c(=O)c(Oc3ccc(F)cc3)c(C)oc2c(C)c1OCC(=O)OC. The monoisotopic (exact) mass is 400 g/mol. The van der Waals surface area contributed by atoms with E-state index >= 15 is 0 Å². The highest BCUT2D eigenvalue weighted by atomic mass is 19.1. The summed E-state index contributed by atoms with van der Waals surface area (Å²) in [5.41, 5.74) is 1.38. The van der Waals surface area contributed by atoms with Crippen molar-refractivity contribution in [3.63, 3.8) is 0 Å². The zero-order valence-corrected chi connectivity index (χ0v) is 16.6. The molecule has 0 saturated heterocycles. The first-order valence-electron chi connectivity index (χ1n) is 9.08. The second-order valence-electron chi connectivity index (χ2n) is 6.46. The van der Waals surface area contributed by atoms with Gasteiger partial charge in [0.1, 0.15) is 28.7 Å². The Labute approximate surface area is 166 Å². The highest BCUT2D eigenvalue weighted by Crippen LogP contribution is 2.34. The van der Waals surface area contributed by atoms with Crippen LogP contribution < -0.4 is 14.9 Å². The van der Waals surface area contributed by atoms with Crippen molar-refractivity contribution in [2.45, 2.75) is 27.2 Å². The number of hydrogen-bond donors (Lipinski definition) is 0. The molecule has 7 heteroatoms. The highest BCUT2D eigenvalue weighted by Gasteiger charge is 2.20. The van der Waals surface area contributed by atoms with E-state index < -0.39 is 11.8 Å². The fourth-order valence-electron chi connectivity index (χ4n) is 3.03. The minimum absolute atomic E-state index is 0.0359. The van der Waals surface area contributed by atoms with Crippen LogP contribution in [0.15, 0.2) is 39.5 Å². The Morgan fingerprint density at radius 3 is 2.45 bits per heavy atom. The number of carbonyl (C=O) groups is 1. The lowest BCUT2D eigenvalue weighted by molar-refractivity contribution is -0.142. The van der Waals surface area contributed by atoms with Crippen molar-refractivity contribution in [2.24, 2.45) is 0 Å². The lowest BCUT2D eigenvalue weighted by Gasteiger charge is -2.16. The van der Waals surface area contributed by atoms with Crippen molar-refractivity contribution in [2.75, 3.05) is 13.7 Å². The topological polar surface area (TPSA) is 75.0 Å². The summed E-state index contributed by atoms with van der Waals surface area (Å²) in [6.07, 6.45) is 0.578. The van der Waals surface area contributed by atoms with Crippen LogP contribution >= 0.6 is 0 Å². The molecule has 0 saturated carbocycles. The summed E-state index contributed by atoms with van der Waals surface area (Å²) >= 11 is 0. The van der Waals surface area contributed by atoms with Crippen molar-refractivity contribution < 1.29 is 27.8 Å². The Balaban J connectivity index is 2.11. The van der Waals surface area contributed by atoms with Crippen LogP contribution in [0.4, 0.5) is 4.39 Å². The number of benzene rings is 2. The van der Waals surface area contributed by atoms with Gasteiger partial charge in [-0.2, -0.15) is 0 Å². The normalized spacial score (nSPS) is 10.8. The molecule has 0 amide bonds. The Morgan fingerprint density at radius 2 is 1.83 bits per heavy atom. The molecule has 0 N–H and O–H groups in total. The molecule has 1 aromatic heterocycles. The molecule has 0 unspecified atom stereocenters. The first kappa shape index (κ1) is 20.4. The van der Waals surface area contributed by atoms with Crippen LogP contribution in [0.1, 0.15) is 23.8 Å². The van der Waals surface area contributed by atoms with Crippen LogP contribution in [0.25, 0.3) is 11.0 Å². The lowest BCUT2D eigenvalue weighted by atomic mass is 10.0. The number of hydrogen-bond acceptors (Lipinski definition) is 6. The third kappa shape index (κ3) is 4.08. The van der Waals surface area contributed by atoms with E-state index in [2.05, 4.69) is 4.74 Å². The van der Waals surface area contributed by atoms with Gasteiger partial charge in [0.15, 0.2) is 6.61 Å². The van der Waals surface area contributed by atoms with E-state index in [-0.39, 0.29) is 23.5 Å². The Hall–Kier alpha value is -3.35. The van der Waals surface area contributed by atoms with Gasteiger partial charge in [-0.1, -0.05) is 6.92 Å². The van der Waals surface area contributed by atoms with Crippen LogP contribution in [-0.4, -0.2) is 19.7 Å². The molecule has 0 aliphatic rings. The molecule has 0 aliphatic carbocycles. The minimum atomic E-state index is -0.507. The largest absolute Gasteiger partial charge is 0.481 e. The average Bonchev–Trinajstić information content (AvgIpc) is 2.72. The third-order valence-corrected chi connectivity index (χ3v) is 4.54. The molecule has 0 fully saturated rings. The maximum atomic E-state index is 13.1. The summed E-state index contributed by atoms with van der Waals surface area (Å²) < 4.78 is 34.9. The van der Waals surface area contributed by atoms with Crippen LogP contribution in [-0.2, 0) is 16.0 Å². The second-order valence-corrected chi connectivity index (χ2v) is 6.46. The van der Waals surface area contributed by atoms with Gasteiger partial charge in [0, 0.05) is 5.56 Å². The number of aryl methyl sites for hydroxylation is 3. The molecule has 6 nitrogen and oxygen atoms in total. The van der Waals surface area contributed by atoms with Crippen LogP contribution in [0.2, 0.25) is 0 Å². The Bertz CT molecular complexity index is 1120. The zero-order valence-electron chi connectivity index (χ0n) is 16.6. The molecule has 0 bridgehead atoms. The van der Waals surface area contributed by atoms with Gasteiger partial charge in [-0.3, -0.25) is 4.79 Å². The predicted molar refractivity (Wildman–Crippen MR) is 105 cm³/mol. The summed E-state index contributed by atoms with van der Waals surface area (Å²) in [5, 5.41) is 0.340. The van der Waals surface area contributed by atoms with E-state index in [0.29, 0.717) is 34.5 Å². The van der Waals surface area contributed by atoms with E-state index in [4.69, 9.17) is 13.9 Å². The molecule has 3 rings (SSSR count). The van der Waals surface area contributed by atoms with Gasteiger partial charge in [0.05, 0.1) is 12.5 Å². The van der Waals surface area contributed by atoms with Gasteiger partial charge in [-0.15, -0.1) is 0 Å². The van der Waals surface area contributed by atoms with Gasteiger partial charge < -0.3 is 18.6 Å². The van der Waals surface area contributed by atoms with E-state index in [0.717, 1.165) is 5.56 Å². The number of fused-ring (bicyclic) bond motifs is 1. The number of ether oxygens (including phenoxy) is 3. The standard InChI is InChI=1S/C22H21FO6/c1-5-14-10-17-19(25)22(29-16-8-6-15(23)7-9-16)13(3)28-21(17)12(2)20(14)27-11-18(24)26-4/h6-10H,5,11H2,1-4H3. The molecule has 3 aromatic rings. The van der Waals surface area contributed by atoms with Crippen LogP contribution in [0, 0.1) is 19.7 Å². The lowest BCUT2D eigenvalue weighted by Crippen LogP contribution is -2.15. The summed E-state index contributed by atoms with van der Waals surface area (Å²) in [4.78, 5) is 24.5. The number of methoxy groups -OCH3 is 1. The summed E-state index contributed by atoms with van der Waals surface area (Å²) in [7, 11) is 1.28. The summed E-state index contributed by atoms with van der Waals surface area (Å²) in [6, 6.07) is 7.04. The molecular formula is C22H21FO6. The van der Waals surface area contributed by atoms with Crippen molar-refractivity contribution in [3.8, 4) is 17.2 Å². The van der Waals surface area contributed by atoms with Crippen LogP contribution in [0.5, 0.6) is 17.2 Å². The molecule has 152 valence electrons. The first-order valence-corrected chi connectivity index (χ1v) is 9.08. The van der Waals surface area contributed by atoms with Crippen LogP contribution in [0.3, 0.4) is 0 Å². The minimum Gasteiger partial charge on any atom is -0.481 e. The molecule has 2 aromatic carbocycles. The number of halogens is 1. The molecular weight excluding hydrogens is 379 g/mol. The van der Waals surface area contributed by atoms with Gasteiger partial charge in [0.25, 0.3) is 0 Å². The van der Waals surface area contributed by atoms with Crippen molar-refractivity contribution in [3.05, 3.63) is 63.3 Å². The molecule has 0 radical (unpaired) electrons. The fourth-order valence-corrected chi connectivity index (χ4v) is 3.03. The Kier molecular flexibility index (Phi) is 5.87. The Morgan fingerprint density at radius 1 is 1.14 bits per heavy atom. The summed E-state index contributed by atoms with van der Waals surface area (Å²) in [6.45, 7) is 5.04. The molecule has 29 heavy (non-hydrogen) atoms. The van der Waals surface area contributed by atoms with Gasteiger partial charge in [-0.25, -0.2) is 9.18 Å². The van der Waals surface area contributed by atoms with E-state index in [1.54, 1.807) is 19.9 Å². The molecule has 0 atom stereocenters. The number of rotatable bonds is 6. The van der Waals surface area contributed by atoms with Crippen molar-refractivity contribution in [1.29, 1.82) is 0 Å². The number of esters is 1. The number of carbonyl (C=O) groups excluding carboxylic acids is 1. The van der Waals surface area contributed by atoms with Crippen molar-refractivity contribution in [1.82, 2.24) is 0 Å². The van der Waals surface area contributed by atoms with E-state index in [1.165, 1.54) is 31.4 Å². The maximum absolute atomic E-state index is 13.1. The molecule has 0 aliphatic heterocycles. The highest BCUT2D eigenvalue weighted by molar-refractivity contribution is 5.85. The van der Waals surface area contributed by atoms with E-state index in [1.807, 2.05) is 6.92 Å². The maximum Gasteiger partial charge on any atom is 0.343 e. The average molecular weight is 400 g/mol. The van der Waals surface area contributed by atoms with E-state index in [9.17, 15) is 14.0 Å². The predicted octanol–water partition coefficient (Wildman–Crippen LogP) is 4.46. The first-order chi connectivity index (χ1) is 13.8. The fraction of sp³-hybridized carbons (Fsp3) is 0.273. The quantitative estimate of drug-likeness (QED) is 0.569. The summed E-state index contributed by atoms with van der Waals surface area (Å²) in [5.74, 6) is 0.216. The smallest absolute Gasteiger partial charge is 0.343 e. The van der Waals surface area contributed by atoms with Gasteiger partial charge in [0.2, 0.25) is 11.2 Å². The zero-order chi connectivity index (χ0) is 21.1. The molecule has 1 heterocycles. The second kappa shape index (κ2) is 8.34. The van der Waals surface area contributed by atoms with Crippen molar-refractivity contribution >= 4 is 16.9 Å². The van der Waals surface area contributed by atoms with Gasteiger partial charge >= 0.3 is 5.97 Å². The third-order valence-electron chi connectivity index (χ3n) is 4.54. The van der Waals surface area contributed by atoms with Gasteiger partial charge in [-0.05, 0) is 56.2 Å².